The zero-order valence-electron chi connectivity index (χ0n) is 9.98. The highest BCUT2D eigenvalue weighted by Gasteiger charge is 2.36. The highest BCUT2D eigenvalue weighted by Crippen LogP contribution is 2.36. The summed E-state index contributed by atoms with van der Waals surface area (Å²) in [7, 11) is -1.51. The summed E-state index contributed by atoms with van der Waals surface area (Å²) in [4.78, 5) is 0. The van der Waals surface area contributed by atoms with Crippen LogP contribution in [0.1, 0.15) is 34.1 Å². The largest absolute Gasteiger partial charge is 0.413 e. The van der Waals surface area contributed by atoms with Gasteiger partial charge in [0.15, 0.2) is 8.32 Å². The van der Waals surface area contributed by atoms with Gasteiger partial charge < -0.3 is 4.43 Å². The van der Waals surface area contributed by atoms with Gasteiger partial charge in [-0.3, -0.25) is 0 Å². The summed E-state index contributed by atoms with van der Waals surface area (Å²) in [5.74, 6) is 0. The first kappa shape index (κ1) is 12.9. The lowest BCUT2D eigenvalue weighted by molar-refractivity contribution is 0.327. The predicted octanol–water partition coefficient (Wildman–Crippen LogP) is 3.97. The standard InChI is InChI=1S/C11H24OSi/c1-7-8-9-10-12-13(5,6)11(2,3)4/h8-9H,7,10H2,1-6H3/b9-8+. The number of hydrogen-bond acceptors (Lipinski definition) is 1. The Morgan fingerprint density at radius 2 is 1.69 bits per heavy atom. The minimum Gasteiger partial charge on any atom is -0.413 e. The van der Waals surface area contributed by atoms with Crippen LogP contribution < -0.4 is 0 Å². The summed E-state index contributed by atoms with van der Waals surface area (Å²) in [5.41, 5.74) is 0. The van der Waals surface area contributed by atoms with Gasteiger partial charge in [-0.25, -0.2) is 0 Å². The van der Waals surface area contributed by atoms with Crippen LogP contribution in [0.25, 0.3) is 0 Å². The van der Waals surface area contributed by atoms with Crippen molar-refractivity contribution in [1.82, 2.24) is 0 Å². The monoisotopic (exact) mass is 200 g/mol. The van der Waals surface area contributed by atoms with E-state index in [1.807, 2.05) is 0 Å². The summed E-state index contributed by atoms with van der Waals surface area (Å²) in [5, 5.41) is 0.326. The van der Waals surface area contributed by atoms with Crippen molar-refractivity contribution in [2.45, 2.75) is 52.2 Å². The van der Waals surface area contributed by atoms with Crippen molar-refractivity contribution < 1.29 is 4.43 Å². The number of hydrogen-bond donors (Lipinski definition) is 0. The second-order valence-corrected chi connectivity index (χ2v) is 9.76. The van der Waals surface area contributed by atoms with Gasteiger partial charge in [-0.05, 0) is 24.6 Å². The van der Waals surface area contributed by atoms with Crippen LogP contribution >= 0.6 is 0 Å². The molecule has 0 rings (SSSR count). The van der Waals surface area contributed by atoms with Crippen LogP contribution in [0.15, 0.2) is 12.2 Å². The molecule has 1 nitrogen and oxygen atoms in total. The zero-order chi connectivity index (χ0) is 10.5. The maximum Gasteiger partial charge on any atom is 0.192 e. The van der Waals surface area contributed by atoms with Crippen LogP contribution in [0.5, 0.6) is 0 Å². The molecule has 0 heterocycles. The van der Waals surface area contributed by atoms with E-state index < -0.39 is 8.32 Å². The fourth-order valence-corrected chi connectivity index (χ4v) is 1.65. The van der Waals surface area contributed by atoms with E-state index in [-0.39, 0.29) is 0 Å². The van der Waals surface area contributed by atoms with Crippen LogP contribution in [0.4, 0.5) is 0 Å². The van der Waals surface area contributed by atoms with E-state index in [0.29, 0.717) is 5.04 Å². The molecule has 0 bridgehead atoms. The first-order chi connectivity index (χ1) is 5.81. The number of rotatable bonds is 4. The summed E-state index contributed by atoms with van der Waals surface area (Å²) < 4.78 is 5.95. The molecule has 0 aliphatic heterocycles. The van der Waals surface area contributed by atoms with Gasteiger partial charge in [-0.1, -0.05) is 39.8 Å². The van der Waals surface area contributed by atoms with Gasteiger partial charge in [0.05, 0.1) is 6.61 Å². The van der Waals surface area contributed by atoms with Crippen molar-refractivity contribution in [3.05, 3.63) is 12.2 Å². The molecular weight excluding hydrogens is 176 g/mol. The highest BCUT2D eigenvalue weighted by molar-refractivity contribution is 6.74. The van der Waals surface area contributed by atoms with Gasteiger partial charge in [-0.2, -0.15) is 0 Å². The third-order valence-electron chi connectivity index (χ3n) is 2.75. The van der Waals surface area contributed by atoms with Crippen molar-refractivity contribution in [2.24, 2.45) is 0 Å². The van der Waals surface area contributed by atoms with Gasteiger partial charge in [-0.15, -0.1) is 0 Å². The average molecular weight is 200 g/mol. The van der Waals surface area contributed by atoms with Gasteiger partial charge in [0.2, 0.25) is 0 Å². The van der Waals surface area contributed by atoms with Crippen molar-refractivity contribution in [2.75, 3.05) is 6.61 Å². The van der Waals surface area contributed by atoms with Crippen LogP contribution in [0.2, 0.25) is 18.1 Å². The van der Waals surface area contributed by atoms with Crippen LogP contribution in [-0.2, 0) is 4.43 Å². The molecule has 0 amide bonds. The highest BCUT2D eigenvalue weighted by atomic mass is 28.4. The second-order valence-electron chi connectivity index (χ2n) is 4.95. The molecule has 0 spiro atoms. The van der Waals surface area contributed by atoms with Crippen LogP contribution in [0, 0.1) is 0 Å². The Kier molecular flexibility index (Phi) is 4.93. The van der Waals surface area contributed by atoms with Gasteiger partial charge >= 0.3 is 0 Å². The molecule has 78 valence electrons. The quantitative estimate of drug-likeness (QED) is 0.493. The van der Waals surface area contributed by atoms with Crippen LogP contribution in [0.3, 0.4) is 0 Å². The van der Waals surface area contributed by atoms with E-state index in [4.69, 9.17) is 4.43 Å². The normalized spacial score (nSPS) is 14.0. The summed E-state index contributed by atoms with van der Waals surface area (Å²) >= 11 is 0. The first-order valence-corrected chi connectivity index (χ1v) is 8.01. The maximum absolute atomic E-state index is 5.95. The molecule has 2 heteroatoms. The zero-order valence-corrected chi connectivity index (χ0v) is 11.0. The van der Waals surface area contributed by atoms with E-state index in [2.05, 4.69) is 52.9 Å². The van der Waals surface area contributed by atoms with Crippen molar-refractivity contribution in [3.63, 3.8) is 0 Å². The third-order valence-corrected chi connectivity index (χ3v) is 7.25. The lowest BCUT2D eigenvalue weighted by Crippen LogP contribution is -2.40. The topological polar surface area (TPSA) is 9.23 Å². The van der Waals surface area contributed by atoms with Gasteiger partial charge in [0, 0.05) is 0 Å². The molecule has 0 saturated carbocycles. The van der Waals surface area contributed by atoms with Crippen LogP contribution in [-0.4, -0.2) is 14.9 Å². The van der Waals surface area contributed by atoms with Crippen molar-refractivity contribution >= 4 is 8.32 Å². The lowest BCUT2D eigenvalue weighted by atomic mass is 10.2. The molecule has 0 atom stereocenters. The Hall–Kier alpha value is -0.0831. The molecule has 0 aliphatic carbocycles. The average Bonchev–Trinajstić information content (AvgIpc) is 1.96. The Labute approximate surface area is 84.3 Å². The van der Waals surface area contributed by atoms with E-state index in [0.717, 1.165) is 13.0 Å². The second kappa shape index (κ2) is 4.96. The molecule has 0 aromatic heterocycles. The summed E-state index contributed by atoms with van der Waals surface area (Å²) in [6.45, 7) is 14.3. The molecule has 0 unspecified atom stereocenters. The van der Waals surface area contributed by atoms with Gasteiger partial charge in [0.1, 0.15) is 0 Å². The number of allylic oxidation sites excluding steroid dienone is 1. The predicted molar refractivity (Wildman–Crippen MR) is 62.6 cm³/mol. The Bertz CT molecular complexity index is 165. The molecule has 0 fully saturated rings. The molecule has 0 N–H and O–H groups in total. The Morgan fingerprint density at radius 1 is 1.15 bits per heavy atom. The fourth-order valence-electron chi connectivity index (χ4n) is 0.708. The summed E-state index contributed by atoms with van der Waals surface area (Å²) in [6.07, 6.45) is 5.38. The van der Waals surface area contributed by atoms with E-state index in [1.54, 1.807) is 0 Å². The van der Waals surface area contributed by atoms with E-state index in [9.17, 15) is 0 Å². The minimum absolute atomic E-state index is 0.326. The molecular formula is C11H24OSi. The molecule has 0 radical (unpaired) electrons. The molecule has 0 saturated heterocycles. The Balaban J connectivity index is 3.97. The Morgan fingerprint density at radius 3 is 2.08 bits per heavy atom. The maximum atomic E-state index is 5.95. The van der Waals surface area contributed by atoms with E-state index in [1.165, 1.54) is 0 Å². The minimum atomic E-state index is -1.51. The fraction of sp³-hybridized carbons (Fsp3) is 0.818. The smallest absolute Gasteiger partial charge is 0.192 e. The van der Waals surface area contributed by atoms with Crippen molar-refractivity contribution in [1.29, 1.82) is 0 Å². The van der Waals surface area contributed by atoms with E-state index >= 15 is 0 Å². The molecule has 0 aromatic rings. The molecule has 0 aromatic carbocycles. The molecule has 13 heavy (non-hydrogen) atoms. The first-order valence-electron chi connectivity index (χ1n) is 5.10. The SMILES string of the molecule is CC/C=C/CO[Si](C)(C)C(C)(C)C. The third kappa shape index (κ3) is 4.63. The molecule has 0 aliphatic rings. The van der Waals surface area contributed by atoms with Crippen molar-refractivity contribution in [3.8, 4) is 0 Å². The van der Waals surface area contributed by atoms with Gasteiger partial charge in [0.25, 0.3) is 0 Å². The lowest BCUT2D eigenvalue weighted by Gasteiger charge is -2.35. The summed E-state index contributed by atoms with van der Waals surface area (Å²) in [6, 6.07) is 0.